The molecule has 0 saturated carbocycles. The van der Waals surface area contributed by atoms with Crippen LogP contribution < -0.4 is 0 Å². The molecule has 4 aromatic rings. The largest absolute Gasteiger partial charge is 0.309 e. The van der Waals surface area contributed by atoms with Gasteiger partial charge in [0.15, 0.2) is 0 Å². The molecule has 3 nitrogen and oxygen atoms in total. The maximum atomic E-state index is 4.24. The highest BCUT2D eigenvalue weighted by Crippen LogP contribution is 2.30. The molecule has 0 saturated heterocycles. The summed E-state index contributed by atoms with van der Waals surface area (Å²) < 4.78 is 2.26. The zero-order valence-electron chi connectivity index (χ0n) is 11.1. The highest BCUT2D eigenvalue weighted by atomic mass is 15.0. The van der Waals surface area contributed by atoms with E-state index in [1.165, 1.54) is 5.56 Å². The lowest BCUT2D eigenvalue weighted by atomic mass is 10.2. The summed E-state index contributed by atoms with van der Waals surface area (Å²) in [6.07, 6.45) is 7.48. The molecule has 3 heterocycles. The van der Waals surface area contributed by atoms with Gasteiger partial charge in [-0.05, 0) is 31.2 Å². The van der Waals surface area contributed by atoms with E-state index in [4.69, 9.17) is 0 Å². The van der Waals surface area contributed by atoms with E-state index >= 15 is 0 Å². The van der Waals surface area contributed by atoms with Crippen LogP contribution >= 0.6 is 0 Å². The van der Waals surface area contributed by atoms with Crippen molar-refractivity contribution < 1.29 is 0 Å². The van der Waals surface area contributed by atoms with Gasteiger partial charge in [0, 0.05) is 41.2 Å². The molecule has 0 radical (unpaired) electrons. The van der Waals surface area contributed by atoms with E-state index in [0.29, 0.717) is 0 Å². The van der Waals surface area contributed by atoms with Crippen molar-refractivity contribution in [1.82, 2.24) is 14.5 Å². The van der Waals surface area contributed by atoms with Crippen LogP contribution in [-0.2, 0) is 0 Å². The SMILES string of the molecule is Cc1ccc(-n2c3ccncc3c3cnccc32)cc1. The number of pyridine rings is 2. The third-order valence-corrected chi connectivity index (χ3v) is 3.66. The topological polar surface area (TPSA) is 30.7 Å². The summed E-state index contributed by atoms with van der Waals surface area (Å²) in [4.78, 5) is 8.49. The molecule has 0 bridgehead atoms. The Kier molecular flexibility index (Phi) is 2.33. The minimum absolute atomic E-state index is 1.14. The number of aryl methyl sites for hydroxylation is 1. The van der Waals surface area contributed by atoms with Crippen molar-refractivity contribution in [1.29, 1.82) is 0 Å². The number of hydrogen-bond donors (Lipinski definition) is 0. The Labute approximate surface area is 116 Å². The molecular weight excluding hydrogens is 246 g/mol. The molecule has 0 atom stereocenters. The fourth-order valence-electron chi connectivity index (χ4n) is 2.68. The van der Waals surface area contributed by atoms with E-state index in [0.717, 1.165) is 27.5 Å². The average molecular weight is 259 g/mol. The Bertz CT molecular complexity index is 851. The molecule has 0 aliphatic rings. The Balaban J connectivity index is 2.17. The van der Waals surface area contributed by atoms with Crippen molar-refractivity contribution in [2.45, 2.75) is 6.92 Å². The quantitative estimate of drug-likeness (QED) is 0.519. The first-order valence-corrected chi connectivity index (χ1v) is 6.60. The number of benzene rings is 1. The lowest BCUT2D eigenvalue weighted by Crippen LogP contribution is -1.93. The smallest absolute Gasteiger partial charge is 0.0572 e. The molecule has 3 heteroatoms. The number of aromatic nitrogens is 3. The maximum Gasteiger partial charge on any atom is 0.0572 e. The lowest BCUT2D eigenvalue weighted by molar-refractivity contribution is 1.16. The van der Waals surface area contributed by atoms with Crippen LogP contribution in [0.3, 0.4) is 0 Å². The van der Waals surface area contributed by atoms with Crippen molar-refractivity contribution in [3.05, 3.63) is 66.7 Å². The van der Waals surface area contributed by atoms with Crippen molar-refractivity contribution in [2.24, 2.45) is 0 Å². The van der Waals surface area contributed by atoms with E-state index in [1.54, 1.807) is 0 Å². The summed E-state index contributed by atoms with van der Waals surface area (Å²) in [6.45, 7) is 2.10. The Hall–Kier alpha value is -2.68. The van der Waals surface area contributed by atoms with Crippen molar-refractivity contribution in [2.75, 3.05) is 0 Å². The van der Waals surface area contributed by atoms with Crippen molar-refractivity contribution in [3.8, 4) is 5.69 Å². The van der Waals surface area contributed by atoms with Crippen LogP contribution in [0.25, 0.3) is 27.5 Å². The number of rotatable bonds is 1. The third-order valence-electron chi connectivity index (χ3n) is 3.66. The van der Waals surface area contributed by atoms with Gasteiger partial charge in [-0.2, -0.15) is 0 Å². The summed E-state index contributed by atoms with van der Waals surface area (Å²) in [5.41, 5.74) is 4.74. The molecular formula is C17H13N3. The summed E-state index contributed by atoms with van der Waals surface area (Å²) in [5.74, 6) is 0. The number of hydrogen-bond acceptors (Lipinski definition) is 2. The van der Waals surface area contributed by atoms with E-state index in [1.807, 2.05) is 24.8 Å². The van der Waals surface area contributed by atoms with Gasteiger partial charge in [-0.3, -0.25) is 9.97 Å². The van der Waals surface area contributed by atoms with Gasteiger partial charge in [-0.15, -0.1) is 0 Å². The molecule has 0 aliphatic heterocycles. The molecule has 3 aromatic heterocycles. The molecule has 4 rings (SSSR count). The van der Waals surface area contributed by atoms with Gasteiger partial charge in [-0.1, -0.05) is 17.7 Å². The van der Waals surface area contributed by atoms with Crippen LogP contribution in [0.2, 0.25) is 0 Å². The molecule has 0 unspecified atom stereocenters. The van der Waals surface area contributed by atoms with E-state index < -0.39 is 0 Å². The second-order valence-electron chi connectivity index (χ2n) is 4.96. The monoisotopic (exact) mass is 259 g/mol. The zero-order valence-corrected chi connectivity index (χ0v) is 11.1. The Morgan fingerprint density at radius 3 is 1.85 bits per heavy atom. The maximum absolute atomic E-state index is 4.24. The Morgan fingerprint density at radius 2 is 1.30 bits per heavy atom. The molecule has 0 spiro atoms. The molecule has 0 fully saturated rings. The summed E-state index contributed by atoms with van der Waals surface area (Å²) in [7, 11) is 0. The molecule has 96 valence electrons. The van der Waals surface area contributed by atoms with Gasteiger partial charge in [-0.25, -0.2) is 0 Å². The summed E-state index contributed by atoms with van der Waals surface area (Å²) >= 11 is 0. The van der Waals surface area contributed by atoms with Gasteiger partial charge >= 0.3 is 0 Å². The van der Waals surface area contributed by atoms with Gasteiger partial charge in [0.05, 0.1) is 11.0 Å². The van der Waals surface area contributed by atoms with Crippen LogP contribution in [0, 0.1) is 6.92 Å². The first kappa shape index (κ1) is 11.2. The van der Waals surface area contributed by atoms with E-state index in [2.05, 4.69) is 57.9 Å². The Morgan fingerprint density at radius 1 is 0.750 bits per heavy atom. The molecule has 20 heavy (non-hydrogen) atoms. The highest BCUT2D eigenvalue weighted by Gasteiger charge is 2.11. The first-order chi connectivity index (χ1) is 9.84. The number of fused-ring (bicyclic) bond motifs is 3. The van der Waals surface area contributed by atoms with Crippen LogP contribution in [-0.4, -0.2) is 14.5 Å². The molecule has 0 amide bonds. The van der Waals surface area contributed by atoms with Gasteiger partial charge in [0.2, 0.25) is 0 Å². The normalized spacial score (nSPS) is 11.2. The molecule has 0 N–H and O–H groups in total. The lowest BCUT2D eigenvalue weighted by Gasteiger charge is -2.07. The minimum atomic E-state index is 1.14. The number of nitrogens with zero attached hydrogens (tertiary/aromatic N) is 3. The molecule has 0 aliphatic carbocycles. The minimum Gasteiger partial charge on any atom is -0.309 e. The van der Waals surface area contributed by atoms with Gasteiger partial charge in [0.25, 0.3) is 0 Å². The third kappa shape index (κ3) is 1.53. The van der Waals surface area contributed by atoms with Crippen LogP contribution in [0.5, 0.6) is 0 Å². The second-order valence-corrected chi connectivity index (χ2v) is 4.96. The standard InChI is InChI=1S/C17H13N3/c1-12-2-4-13(5-3-12)20-16-6-8-18-10-14(16)15-11-19-9-7-17(15)20/h2-11H,1H3. The highest BCUT2D eigenvalue weighted by molar-refractivity contribution is 6.08. The van der Waals surface area contributed by atoms with Crippen LogP contribution in [0.15, 0.2) is 61.2 Å². The predicted molar refractivity (Wildman–Crippen MR) is 81.1 cm³/mol. The predicted octanol–water partition coefficient (Wildman–Crippen LogP) is 3.88. The van der Waals surface area contributed by atoms with E-state index in [9.17, 15) is 0 Å². The van der Waals surface area contributed by atoms with Crippen molar-refractivity contribution in [3.63, 3.8) is 0 Å². The molecule has 1 aromatic carbocycles. The zero-order chi connectivity index (χ0) is 13.5. The van der Waals surface area contributed by atoms with Crippen LogP contribution in [0.4, 0.5) is 0 Å². The van der Waals surface area contributed by atoms with E-state index in [-0.39, 0.29) is 0 Å². The summed E-state index contributed by atoms with van der Waals surface area (Å²) in [5, 5.41) is 2.27. The fourth-order valence-corrected chi connectivity index (χ4v) is 2.68. The second kappa shape index (κ2) is 4.17. The van der Waals surface area contributed by atoms with Crippen LogP contribution in [0.1, 0.15) is 5.56 Å². The van der Waals surface area contributed by atoms with Crippen molar-refractivity contribution >= 4 is 21.8 Å². The average Bonchev–Trinajstić information content (AvgIpc) is 2.83. The van der Waals surface area contributed by atoms with Gasteiger partial charge in [0.1, 0.15) is 0 Å². The first-order valence-electron chi connectivity index (χ1n) is 6.60. The fraction of sp³-hybridized carbons (Fsp3) is 0.0588. The van der Waals surface area contributed by atoms with Gasteiger partial charge < -0.3 is 4.57 Å². The summed E-state index contributed by atoms with van der Waals surface area (Å²) in [6, 6.07) is 12.7.